The van der Waals surface area contributed by atoms with Gasteiger partial charge in [-0.1, -0.05) is 12.1 Å². The number of hydrogen-bond donors (Lipinski definition) is 0. The van der Waals surface area contributed by atoms with Crippen molar-refractivity contribution in [2.75, 3.05) is 37.6 Å². The molecule has 4 nitrogen and oxygen atoms in total. The van der Waals surface area contributed by atoms with E-state index < -0.39 is 0 Å². The minimum Gasteiger partial charge on any atom is -0.373 e. The van der Waals surface area contributed by atoms with Gasteiger partial charge < -0.3 is 14.4 Å². The van der Waals surface area contributed by atoms with Crippen LogP contribution in [-0.2, 0) is 16.0 Å². The first-order valence-corrected chi connectivity index (χ1v) is 10.2. The van der Waals surface area contributed by atoms with Crippen LogP contribution in [0.25, 0.3) is 0 Å². The Morgan fingerprint density at radius 3 is 2.52 bits per heavy atom. The molecule has 0 saturated carbocycles. The molecule has 2 heterocycles. The van der Waals surface area contributed by atoms with E-state index in [4.69, 9.17) is 4.74 Å². The smallest absolute Gasteiger partial charge is 0.124 e. The molecule has 5 heteroatoms. The Hall–Kier alpha value is -0.910. The Bertz CT molecular complexity index is 577. The summed E-state index contributed by atoms with van der Waals surface area (Å²) in [7, 11) is 0. The van der Waals surface area contributed by atoms with Crippen LogP contribution in [0.2, 0.25) is 0 Å². The number of para-hydroxylation sites is 1. The normalized spacial score (nSPS) is 26.0. The molecule has 2 fully saturated rings. The molecule has 2 aliphatic heterocycles. The predicted molar refractivity (Wildman–Crippen MR) is 105 cm³/mol. The third kappa shape index (κ3) is 4.83. The molecule has 25 heavy (non-hydrogen) atoms. The molecule has 2 saturated heterocycles. The van der Waals surface area contributed by atoms with Gasteiger partial charge in [-0.05, 0) is 60.2 Å². The van der Waals surface area contributed by atoms with E-state index in [1.807, 2.05) is 6.07 Å². The van der Waals surface area contributed by atoms with E-state index in [1.165, 1.54) is 25.1 Å². The second-order valence-corrected chi connectivity index (χ2v) is 8.38. The number of carbonyl (C=O) groups excluding carboxylic acids is 1. The third-order valence-electron chi connectivity index (χ3n) is 5.32. The number of ether oxygens (including phenoxy) is 1. The van der Waals surface area contributed by atoms with Gasteiger partial charge in [0.05, 0.1) is 17.9 Å². The lowest BCUT2D eigenvalue weighted by Gasteiger charge is -2.40. The SMILES string of the molecule is CC1CN(CC2CCN(c3c(Br)cccc3CC=O)CC2)CC(C)O1. The summed E-state index contributed by atoms with van der Waals surface area (Å²) in [6.45, 7) is 9.77. The Balaban J connectivity index is 1.58. The maximum Gasteiger partial charge on any atom is 0.124 e. The molecule has 2 atom stereocenters. The Labute approximate surface area is 159 Å². The Morgan fingerprint density at radius 1 is 1.20 bits per heavy atom. The lowest BCUT2D eigenvalue weighted by atomic mass is 9.94. The fraction of sp³-hybridized carbons (Fsp3) is 0.650. The number of aldehydes is 1. The molecule has 0 N–H and O–H groups in total. The molecule has 2 unspecified atom stereocenters. The standard InChI is InChI=1S/C20H29BrN2O2/c1-15-12-22(13-16(2)25-15)14-17-6-9-23(10-7-17)20-18(8-11-24)4-3-5-19(20)21/h3-5,11,15-17H,6-10,12-14H2,1-2H3. The third-order valence-corrected chi connectivity index (χ3v) is 5.96. The molecule has 1 aromatic rings. The van der Waals surface area contributed by atoms with E-state index in [2.05, 4.69) is 51.7 Å². The van der Waals surface area contributed by atoms with Crippen LogP contribution in [0.5, 0.6) is 0 Å². The lowest BCUT2D eigenvalue weighted by Crippen LogP contribution is -2.48. The maximum absolute atomic E-state index is 11.0. The largest absolute Gasteiger partial charge is 0.373 e. The maximum atomic E-state index is 11.0. The molecule has 1 aromatic carbocycles. The number of halogens is 1. The minimum absolute atomic E-state index is 0.343. The van der Waals surface area contributed by atoms with Crippen LogP contribution in [0.4, 0.5) is 5.69 Å². The summed E-state index contributed by atoms with van der Waals surface area (Å²) in [5, 5.41) is 0. The number of rotatable bonds is 5. The van der Waals surface area contributed by atoms with Crippen LogP contribution in [0.1, 0.15) is 32.3 Å². The first-order valence-electron chi connectivity index (χ1n) is 9.40. The van der Waals surface area contributed by atoms with Crippen molar-refractivity contribution in [1.82, 2.24) is 4.90 Å². The average molecular weight is 409 g/mol. The molecule has 0 spiro atoms. The van der Waals surface area contributed by atoms with E-state index in [1.54, 1.807) is 0 Å². The van der Waals surface area contributed by atoms with E-state index in [0.29, 0.717) is 18.6 Å². The summed E-state index contributed by atoms with van der Waals surface area (Å²) in [5.41, 5.74) is 2.33. The number of benzene rings is 1. The van der Waals surface area contributed by atoms with Crippen molar-refractivity contribution >= 4 is 27.9 Å². The molecule has 0 amide bonds. The molecule has 138 valence electrons. The van der Waals surface area contributed by atoms with Crippen molar-refractivity contribution in [2.45, 2.75) is 45.3 Å². The minimum atomic E-state index is 0.343. The van der Waals surface area contributed by atoms with Crippen molar-refractivity contribution in [3.8, 4) is 0 Å². The van der Waals surface area contributed by atoms with Crippen molar-refractivity contribution in [3.05, 3.63) is 28.2 Å². The number of carbonyl (C=O) groups is 1. The van der Waals surface area contributed by atoms with Gasteiger partial charge >= 0.3 is 0 Å². The van der Waals surface area contributed by atoms with Crippen LogP contribution < -0.4 is 4.90 Å². The number of anilines is 1. The summed E-state index contributed by atoms with van der Waals surface area (Å²) >= 11 is 3.68. The summed E-state index contributed by atoms with van der Waals surface area (Å²) in [4.78, 5) is 16.0. The first-order chi connectivity index (χ1) is 12.1. The van der Waals surface area contributed by atoms with Crippen molar-refractivity contribution in [3.63, 3.8) is 0 Å². The molecular weight excluding hydrogens is 380 g/mol. The molecule has 0 aromatic heterocycles. The fourth-order valence-electron chi connectivity index (χ4n) is 4.31. The van der Waals surface area contributed by atoms with Gasteiger partial charge in [-0.15, -0.1) is 0 Å². The van der Waals surface area contributed by atoms with Gasteiger partial charge in [0.2, 0.25) is 0 Å². The number of hydrogen-bond acceptors (Lipinski definition) is 4. The highest BCUT2D eigenvalue weighted by atomic mass is 79.9. The predicted octanol–water partition coefficient (Wildman–Crippen LogP) is 3.52. The van der Waals surface area contributed by atoms with Crippen LogP contribution in [0, 0.1) is 5.92 Å². The zero-order chi connectivity index (χ0) is 17.8. The number of nitrogens with zero attached hydrogens (tertiary/aromatic N) is 2. The quantitative estimate of drug-likeness (QED) is 0.697. The summed E-state index contributed by atoms with van der Waals surface area (Å²) in [6.07, 6.45) is 4.59. The lowest BCUT2D eigenvalue weighted by molar-refractivity contribution is -0.107. The zero-order valence-electron chi connectivity index (χ0n) is 15.3. The van der Waals surface area contributed by atoms with Crippen LogP contribution in [-0.4, -0.2) is 56.1 Å². The van der Waals surface area contributed by atoms with Gasteiger partial charge in [-0.25, -0.2) is 0 Å². The first kappa shape index (κ1) is 18.9. The number of piperidine rings is 1. The van der Waals surface area contributed by atoms with Gasteiger partial charge in [0, 0.05) is 43.6 Å². The van der Waals surface area contributed by atoms with Gasteiger partial charge in [-0.3, -0.25) is 4.90 Å². The van der Waals surface area contributed by atoms with Crippen molar-refractivity contribution < 1.29 is 9.53 Å². The monoisotopic (exact) mass is 408 g/mol. The second kappa shape index (κ2) is 8.65. The summed E-state index contributed by atoms with van der Waals surface area (Å²) < 4.78 is 6.94. The van der Waals surface area contributed by atoms with Crippen molar-refractivity contribution in [2.24, 2.45) is 5.92 Å². The fourth-order valence-corrected chi connectivity index (χ4v) is 4.96. The number of morpholine rings is 1. The van der Waals surface area contributed by atoms with Gasteiger partial charge in [0.25, 0.3) is 0 Å². The Kier molecular flexibility index (Phi) is 6.53. The van der Waals surface area contributed by atoms with E-state index >= 15 is 0 Å². The van der Waals surface area contributed by atoms with Crippen LogP contribution >= 0.6 is 15.9 Å². The highest BCUT2D eigenvalue weighted by Gasteiger charge is 2.27. The topological polar surface area (TPSA) is 32.8 Å². The van der Waals surface area contributed by atoms with Gasteiger partial charge in [-0.2, -0.15) is 0 Å². The molecular formula is C20H29BrN2O2. The molecule has 2 aliphatic rings. The molecule has 0 aliphatic carbocycles. The summed E-state index contributed by atoms with van der Waals surface area (Å²) in [6, 6.07) is 6.16. The molecule has 3 rings (SSSR count). The van der Waals surface area contributed by atoms with Gasteiger partial charge in [0.1, 0.15) is 6.29 Å². The molecule has 0 radical (unpaired) electrons. The van der Waals surface area contributed by atoms with Crippen LogP contribution in [0.15, 0.2) is 22.7 Å². The van der Waals surface area contributed by atoms with E-state index in [9.17, 15) is 4.79 Å². The van der Waals surface area contributed by atoms with E-state index in [-0.39, 0.29) is 0 Å². The Morgan fingerprint density at radius 2 is 1.88 bits per heavy atom. The highest BCUT2D eigenvalue weighted by molar-refractivity contribution is 9.10. The second-order valence-electron chi connectivity index (χ2n) is 7.52. The van der Waals surface area contributed by atoms with E-state index in [0.717, 1.165) is 48.4 Å². The highest BCUT2D eigenvalue weighted by Crippen LogP contribution is 2.33. The molecule has 0 bridgehead atoms. The van der Waals surface area contributed by atoms with Crippen molar-refractivity contribution in [1.29, 1.82) is 0 Å². The summed E-state index contributed by atoms with van der Waals surface area (Å²) in [5.74, 6) is 0.755. The van der Waals surface area contributed by atoms with Gasteiger partial charge in [0.15, 0.2) is 0 Å². The van der Waals surface area contributed by atoms with Crippen LogP contribution in [0.3, 0.4) is 0 Å². The zero-order valence-corrected chi connectivity index (χ0v) is 16.9. The average Bonchev–Trinajstić information content (AvgIpc) is 2.55.